The molecule has 19 heavy (non-hydrogen) atoms. The molecule has 1 aliphatic carbocycles. The molecule has 1 heterocycles. The van der Waals surface area contributed by atoms with E-state index in [1.54, 1.807) is 0 Å². The fraction of sp³-hybridized carbons (Fsp3) is 0.857. The minimum absolute atomic E-state index is 0.0699. The van der Waals surface area contributed by atoms with E-state index in [4.69, 9.17) is 18.0 Å². The fourth-order valence-corrected chi connectivity index (χ4v) is 3.64. The molecule has 1 saturated carbocycles. The van der Waals surface area contributed by atoms with Gasteiger partial charge in [0.15, 0.2) is 0 Å². The van der Waals surface area contributed by atoms with Crippen molar-refractivity contribution in [2.45, 2.75) is 51.5 Å². The molecule has 0 aromatic rings. The van der Waals surface area contributed by atoms with Crippen LogP contribution in [0.5, 0.6) is 0 Å². The Morgan fingerprint density at radius 2 is 2.11 bits per heavy atom. The van der Waals surface area contributed by atoms with Crippen LogP contribution in [0.1, 0.15) is 45.4 Å². The van der Waals surface area contributed by atoms with Gasteiger partial charge in [-0.1, -0.05) is 32.0 Å². The van der Waals surface area contributed by atoms with Gasteiger partial charge in [0.25, 0.3) is 0 Å². The summed E-state index contributed by atoms with van der Waals surface area (Å²) >= 11 is 5.16. The van der Waals surface area contributed by atoms with Gasteiger partial charge in [-0.2, -0.15) is 0 Å². The van der Waals surface area contributed by atoms with Crippen LogP contribution in [0.25, 0.3) is 0 Å². The summed E-state index contributed by atoms with van der Waals surface area (Å²) in [5.74, 6) is 0.0699. The fourth-order valence-electron chi connectivity index (χ4n) is 3.35. The highest BCUT2D eigenvalue weighted by Gasteiger charge is 2.44. The summed E-state index contributed by atoms with van der Waals surface area (Å²) in [6.45, 7) is 5.31. The molecular weight excluding hydrogens is 258 g/mol. The Kier molecular flexibility index (Phi) is 4.79. The predicted octanol–water partition coefficient (Wildman–Crippen LogP) is 1.43. The van der Waals surface area contributed by atoms with E-state index in [0.717, 1.165) is 58.2 Å². The topological polar surface area (TPSA) is 58.4 Å². The highest BCUT2D eigenvalue weighted by atomic mass is 32.1. The first-order valence-electron chi connectivity index (χ1n) is 7.41. The lowest BCUT2D eigenvalue weighted by atomic mass is 9.84. The summed E-state index contributed by atoms with van der Waals surface area (Å²) in [4.78, 5) is 15.3. The second-order valence-electron chi connectivity index (χ2n) is 5.86. The highest BCUT2D eigenvalue weighted by molar-refractivity contribution is 7.80. The number of amides is 1. The number of hydrogen-bond donors (Lipinski definition) is 2. The molecule has 0 bridgehead atoms. The van der Waals surface area contributed by atoms with E-state index in [2.05, 4.69) is 17.1 Å². The second-order valence-corrected chi connectivity index (χ2v) is 6.30. The Morgan fingerprint density at radius 3 is 2.68 bits per heavy atom. The van der Waals surface area contributed by atoms with E-state index in [9.17, 15) is 4.79 Å². The summed E-state index contributed by atoms with van der Waals surface area (Å²) in [5.41, 5.74) is 5.29. The van der Waals surface area contributed by atoms with Crippen LogP contribution in [-0.4, -0.2) is 41.5 Å². The van der Waals surface area contributed by atoms with E-state index in [0.29, 0.717) is 4.99 Å². The Balaban J connectivity index is 1.97. The van der Waals surface area contributed by atoms with Crippen molar-refractivity contribution in [1.82, 2.24) is 10.2 Å². The Bertz CT molecular complexity index is 353. The number of nitrogens with one attached hydrogen (secondary N) is 1. The molecule has 1 atom stereocenters. The number of nitrogens with zero attached hydrogens (tertiary/aromatic N) is 1. The average Bonchev–Trinajstić information content (AvgIpc) is 2.89. The highest BCUT2D eigenvalue weighted by Crippen LogP contribution is 2.38. The first kappa shape index (κ1) is 14.7. The maximum atomic E-state index is 12.6. The maximum Gasteiger partial charge on any atom is 0.233 e. The third-order valence-electron chi connectivity index (χ3n) is 4.65. The molecule has 0 aromatic carbocycles. The zero-order valence-electron chi connectivity index (χ0n) is 11.8. The number of carbonyl (C=O) groups excluding carboxylic acids is 1. The molecule has 4 nitrogen and oxygen atoms in total. The van der Waals surface area contributed by atoms with E-state index >= 15 is 0 Å². The van der Waals surface area contributed by atoms with Crippen LogP contribution in [0.15, 0.2) is 0 Å². The number of rotatable bonds is 4. The average molecular weight is 283 g/mol. The number of likely N-dealkylation sites (tertiary alicyclic amines) is 1. The van der Waals surface area contributed by atoms with E-state index in [1.165, 1.54) is 0 Å². The van der Waals surface area contributed by atoms with Crippen LogP contribution in [0.2, 0.25) is 0 Å². The van der Waals surface area contributed by atoms with Gasteiger partial charge >= 0.3 is 0 Å². The molecule has 5 heteroatoms. The predicted molar refractivity (Wildman–Crippen MR) is 81.0 cm³/mol. The molecule has 108 valence electrons. The Morgan fingerprint density at radius 1 is 1.42 bits per heavy atom. The third-order valence-corrected chi connectivity index (χ3v) is 5.04. The number of likely N-dealkylation sites (N-methyl/N-ethyl adjacent to an activating group) is 1. The molecule has 0 radical (unpaired) electrons. The standard InChI is InChI=1S/C14H25N3OS/c1-2-17-9-5-6-11(10-17)16-13(18)14(12(15)19)7-3-4-8-14/h11H,2-10H2,1H3,(H2,15,19)(H,16,18). The van der Waals surface area contributed by atoms with Crippen molar-refractivity contribution in [2.75, 3.05) is 19.6 Å². The molecule has 2 fully saturated rings. The summed E-state index contributed by atoms with van der Waals surface area (Å²) < 4.78 is 0. The van der Waals surface area contributed by atoms with Crippen molar-refractivity contribution < 1.29 is 4.79 Å². The van der Waals surface area contributed by atoms with Gasteiger partial charge in [-0.15, -0.1) is 0 Å². The zero-order valence-corrected chi connectivity index (χ0v) is 12.6. The number of nitrogens with two attached hydrogens (primary N) is 1. The maximum absolute atomic E-state index is 12.6. The van der Waals surface area contributed by atoms with Gasteiger partial charge in [-0.05, 0) is 38.8 Å². The molecule has 2 aliphatic rings. The van der Waals surface area contributed by atoms with Gasteiger partial charge in [0.2, 0.25) is 5.91 Å². The van der Waals surface area contributed by atoms with Crippen molar-refractivity contribution in [1.29, 1.82) is 0 Å². The summed E-state index contributed by atoms with van der Waals surface area (Å²) in [5, 5.41) is 3.20. The van der Waals surface area contributed by atoms with Gasteiger partial charge in [0.1, 0.15) is 0 Å². The van der Waals surface area contributed by atoms with Crippen LogP contribution in [-0.2, 0) is 4.79 Å². The molecule has 3 N–H and O–H groups in total. The first-order chi connectivity index (χ1) is 9.08. The second kappa shape index (κ2) is 6.18. The smallest absolute Gasteiger partial charge is 0.233 e. The van der Waals surface area contributed by atoms with Crippen molar-refractivity contribution in [2.24, 2.45) is 11.1 Å². The number of carbonyl (C=O) groups is 1. The molecular formula is C14H25N3OS. The molecule has 1 saturated heterocycles. The van der Waals surface area contributed by atoms with Gasteiger partial charge in [-0.25, -0.2) is 0 Å². The summed E-state index contributed by atoms with van der Waals surface area (Å²) in [6.07, 6.45) is 5.96. The van der Waals surface area contributed by atoms with Crippen molar-refractivity contribution in [3.8, 4) is 0 Å². The molecule has 2 rings (SSSR count). The van der Waals surface area contributed by atoms with Crippen LogP contribution in [0, 0.1) is 5.41 Å². The van der Waals surface area contributed by atoms with E-state index in [1.807, 2.05) is 0 Å². The SMILES string of the molecule is CCN1CCCC(NC(=O)C2(C(N)=S)CCCC2)C1. The monoisotopic (exact) mass is 283 g/mol. The molecule has 1 aliphatic heterocycles. The zero-order chi connectivity index (χ0) is 13.9. The lowest BCUT2D eigenvalue weighted by Crippen LogP contribution is -2.54. The quantitative estimate of drug-likeness (QED) is 0.767. The van der Waals surface area contributed by atoms with Crippen molar-refractivity contribution >= 4 is 23.1 Å². The van der Waals surface area contributed by atoms with E-state index < -0.39 is 5.41 Å². The number of hydrogen-bond acceptors (Lipinski definition) is 3. The van der Waals surface area contributed by atoms with Crippen molar-refractivity contribution in [3.63, 3.8) is 0 Å². The third kappa shape index (κ3) is 3.08. The van der Waals surface area contributed by atoms with Crippen LogP contribution < -0.4 is 11.1 Å². The molecule has 1 unspecified atom stereocenters. The Hall–Kier alpha value is -0.680. The number of thiocarbonyl (C=S) groups is 1. The minimum atomic E-state index is -0.566. The summed E-state index contributed by atoms with van der Waals surface area (Å²) in [7, 11) is 0. The molecule has 1 amide bonds. The first-order valence-corrected chi connectivity index (χ1v) is 7.82. The molecule has 0 aromatic heterocycles. The minimum Gasteiger partial charge on any atom is -0.392 e. The van der Waals surface area contributed by atoms with Gasteiger partial charge in [0, 0.05) is 12.6 Å². The van der Waals surface area contributed by atoms with E-state index in [-0.39, 0.29) is 11.9 Å². The largest absolute Gasteiger partial charge is 0.392 e. The van der Waals surface area contributed by atoms with Crippen LogP contribution in [0.3, 0.4) is 0 Å². The number of piperidine rings is 1. The Labute approximate surface area is 121 Å². The summed E-state index contributed by atoms with van der Waals surface area (Å²) in [6, 6.07) is 0.257. The molecule has 0 spiro atoms. The van der Waals surface area contributed by atoms with Gasteiger partial charge in [-0.3, -0.25) is 4.79 Å². The van der Waals surface area contributed by atoms with Crippen LogP contribution in [0.4, 0.5) is 0 Å². The van der Waals surface area contributed by atoms with Gasteiger partial charge < -0.3 is 16.0 Å². The van der Waals surface area contributed by atoms with Gasteiger partial charge in [0.05, 0.1) is 10.4 Å². The normalized spacial score (nSPS) is 27.1. The van der Waals surface area contributed by atoms with Crippen molar-refractivity contribution in [3.05, 3.63) is 0 Å². The lowest BCUT2D eigenvalue weighted by Gasteiger charge is -2.35. The lowest BCUT2D eigenvalue weighted by molar-refractivity contribution is -0.128. The van der Waals surface area contributed by atoms with Crippen LogP contribution >= 0.6 is 12.2 Å².